The predicted molar refractivity (Wildman–Crippen MR) is 71.7 cm³/mol. The van der Waals surface area contributed by atoms with Gasteiger partial charge in [0.25, 0.3) is 0 Å². The summed E-state index contributed by atoms with van der Waals surface area (Å²) in [6.45, 7) is 1.91. The Bertz CT molecular complexity index is 264. The van der Waals surface area contributed by atoms with Gasteiger partial charge in [0, 0.05) is 35.5 Å². The minimum absolute atomic E-state index is 0.212. The second-order valence-electron chi connectivity index (χ2n) is 5.51. The molecule has 1 heterocycles. The van der Waals surface area contributed by atoms with Gasteiger partial charge < -0.3 is 10.1 Å². The van der Waals surface area contributed by atoms with Crippen molar-refractivity contribution >= 4 is 10.8 Å². The van der Waals surface area contributed by atoms with E-state index in [0.29, 0.717) is 6.04 Å². The smallest absolute Gasteiger partial charge is 0.0697 e. The highest BCUT2D eigenvalue weighted by molar-refractivity contribution is 7.84. The second kappa shape index (κ2) is 6.30. The molecule has 1 saturated heterocycles. The van der Waals surface area contributed by atoms with Crippen molar-refractivity contribution in [1.29, 1.82) is 0 Å². The zero-order valence-electron chi connectivity index (χ0n) is 10.9. The van der Waals surface area contributed by atoms with E-state index in [1.165, 1.54) is 32.1 Å². The first-order chi connectivity index (χ1) is 8.20. The van der Waals surface area contributed by atoms with Crippen LogP contribution in [0.3, 0.4) is 0 Å². The molecule has 0 amide bonds. The maximum atomic E-state index is 11.0. The summed E-state index contributed by atoms with van der Waals surface area (Å²) in [5.41, 5.74) is 0.212. The van der Waals surface area contributed by atoms with Crippen molar-refractivity contribution in [2.45, 2.75) is 56.6 Å². The number of nitrogens with one attached hydrogen (secondary N) is 1. The lowest BCUT2D eigenvalue weighted by molar-refractivity contribution is -0.0835. The summed E-state index contributed by atoms with van der Waals surface area (Å²) in [4.78, 5) is 0. The van der Waals surface area contributed by atoms with Crippen molar-refractivity contribution in [3.63, 3.8) is 0 Å². The molecular formula is C13H25NO2S. The Labute approximate surface area is 107 Å². The molecule has 0 aromatic rings. The molecule has 2 aliphatic rings. The normalized spacial score (nSPS) is 29.6. The third-order valence-corrected chi connectivity index (χ3v) is 4.91. The first kappa shape index (κ1) is 13.5. The van der Waals surface area contributed by atoms with Gasteiger partial charge in [-0.15, -0.1) is 0 Å². The van der Waals surface area contributed by atoms with Crippen molar-refractivity contribution < 1.29 is 8.95 Å². The molecule has 2 atom stereocenters. The second-order valence-corrected chi connectivity index (χ2v) is 7.07. The fourth-order valence-electron chi connectivity index (χ4n) is 3.15. The van der Waals surface area contributed by atoms with Crippen molar-refractivity contribution in [2.24, 2.45) is 0 Å². The molecule has 1 saturated carbocycles. The fourth-order valence-corrected chi connectivity index (χ4v) is 3.70. The molecule has 1 N–H and O–H groups in total. The lowest BCUT2D eigenvalue weighted by Crippen LogP contribution is -2.45. The molecule has 100 valence electrons. The number of hydrogen-bond acceptors (Lipinski definition) is 3. The largest absolute Gasteiger partial charge is 0.375 e. The third-order valence-electron chi connectivity index (χ3n) is 4.05. The number of ether oxygens (including phenoxy) is 1. The van der Waals surface area contributed by atoms with Gasteiger partial charge >= 0.3 is 0 Å². The van der Waals surface area contributed by atoms with Crippen LogP contribution >= 0.6 is 0 Å². The maximum absolute atomic E-state index is 11.0. The van der Waals surface area contributed by atoms with Crippen LogP contribution in [-0.2, 0) is 15.5 Å². The molecule has 2 unspecified atom stereocenters. The predicted octanol–water partition coefficient (Wildman–Crippen LogP) is 1.84. The molecule has 0 bridgehead atoms. The molecule has 0 aromatic heterocycles. The van der Waals surface area contributed by atoms with Crippen LogP contribution in [0.15, 0.2) is 0 Å². The van der Waals surface area contributed by atoms with Gasteiger partial charge in [-0.05, 0) is 38.6 Å². The van der Waals surface area contributed by atoms with Crippen LogP contribution in [0.4, 0.5) is 0 Å². The summed E-state index contributed by atoms with van der Waals surface area (Å²) in [6, 6.07) is 0.618. The summed E-state index contributed by atoms with van der Waals surface area (Å²) >= 11 is 0. The molecule has 17 heavy (non-hydrogen) atoms. The van der Waals surface area contributed by atoms with Gasteiger partial charge in [0.05, 0.1) is 5.60 Å². The van der Waals surface area contributed by atoms with Gasteiger partial charge in [0.1, 0.15) is 0 Å². The lowest BCUT2D eigenvalue weighted by Gasteiger charge is -2.38. The van der Waals surface area contributed by atoms with Crippen molar-refractivity contribution in [1.82, 2.24) is 5.32 Å². The minimum atomic E-state index is -0.645. The van der Waals surface area contributed by atoms with Crippen LogP contribution in [0.5, 0.6) is 0 Å². The first-order valence-corrected chi connectivity index (χ1v) is 8.60. The van der Waals surface area contributed by atoms with Crippen molar-refractivity contribution in [3.05, 3.63) is 0 Å². The Kier molecular flexibility index (Phi) is 5.00. The summed E-state index contributed by atoms with van der Waals surface area (Å²) in [5, 5.41) is 3.61. The van der Waals surface area contributed by atoms with E-state index in [0.717, 1.165) is 31.7 Å². The van der Waals surface area contributed by atoms with Gasteiger partial charge in [-0.1, -0.05) is 12.8 Å². The highest BCUT2D eigenvalue weighted by atomic mass is 32.2. The average molecular weight is 259 g/mol. The summed E-state index contributed by atoms with van der Waals surface area (Å²) in [5.74, 6) is 0.821. The minimum Gasteiger partial charge on any atom is -0.375 e. The van der Waals surface area contributed by atoms with Crippen molar-refractivity contribution in [3.8, 4) is 0 Å². The SMILES string of the molecule is CS(=O)CCCNC1CCOC2(CCCC2)C1. The number of hydrogen-bond donors (Lipinski definition) is 1. The lowest BCUT2D eigenvalue weighted by atomic mass is 9.89. The Morgan fingerprint density at radius 3 is 2.88 bits per heavy atom. The van der Waals surface area contributed by atoms with Crippen LogP contribution in [0.2, 0.25) is 0 Å². The van der Waals surface area contributed by atoms with Gasteiger partial charge in [-0.3, -0.25) is 4.21 Å². The van der Waals surface area contributed by atoms with Crippen LogP contribution < -0.4 is 5.32 Å². The molecular weight excluding hydrogens is 234 g/mol. The zero-order valence-corrected chi connectivity index (χ0v) is 11.7. The van der Waals surface area contributed by atoms with E-state index < -0.39 is 10.8 Å². The van der Waals surface area contributed by atoms with Crippen LogP contribution in [0.25, 0.3) is 0 Å². The van der Waals surface area contributed by atoms with E-state index in [-0.39, 0.29) is 5.60 Å². The van der Waals surface area contributed by atoms with Crippen LogP contribution in [0, 0.1) is 0 Å². The van der Waals surface area contributed by atoms with Gasteiger partial charge in [-0.2, -0.15) is 0 Å². The molecule has 0 radical (unpaired) electrons. The van der Waals surface area contributed by atoms with Gasteiger partial charge in [0.15, 0.2) is 0 Å². The topological polar surface area (TPSA) is 38.3 Å². The van der Waals surface area contributed by atoms with Crippen LogP contribution in [0.1, 0.15) is 44.9 Å². The molecule has 0 aromatic carbocycles. The maximum Gasteiger partial charge on any atom is 0.0697 e. The monoisotopic (exact) mass is 259 g/mol. The molecule has 1 aliphatic heterocycles. The van der Waals surface area contributed by atoms with Gasteiger partial charge in [-0.25, -0.2) is 0 Å². The van der Waals surface area contributed by atoms with E-state index in [9.17, 15) is 4.21 Å². The zero-order chi connectivity index (χ0) is 12.1. The van der Waals surface area contributed by atoms with E-state index in [1.54, 1.807) is 6.26 Å². The molecule has 4 heteroatoms. The first-order valence-electron chi connectivity index (χ1n) is 6.88. The summed E-state index contributed by atoms with van der Waals surface area (Å²) in [6.07, 6.45) is 10.3. The standard InChI is InChI=1S/C13H25NO2S/c1-17(15)10-4-8-14-12-5-9-16-13(11-12)6-2-3-7-13/h12,14H,2-11H2,1H3. The summed E-state index contributed by atoms with van der Waals surface area (Å²) < 4.78 is 17.0. The Morgan fingerprint density at radius 2 is 2.18 bits per heavy atom. The Morgan fingerprint density at radius 1 is 1.41 bits per heavy atom. The molecule has 1 spiro atoms. The summed E-state index contributed by atoms with van der Waals surface area (Å²) in [7, 11) is -0.645. The van der Waals surface area contributed by atoms with Gasteiger partial charge in [0.2, 0.25) is 0 Å². The average Bonchev–Trinajstić information content (AvgIpc) is 2.73. The highest BCUT2D eigenvalue weighted by Crippen LogP contribution is 2.39. The van der Waals surface area contributed by atoms with E-state index in [1.807, 2.05) is 0 Å². The Balaban J connectivity index is 1.68. The molecule has 3 nitrogen and oxygen atoms in total. The van der Waals surface area contributed by atoms with E-state index >= 15 is 0 Å². The van der Waals surface area contributed by atoms with Crippen LogP contribution in [-0.4, -0.2) is 41.0 Å². The van der Waals surface area contributed by atoms with E-state index in [2.05, 4.69) is 5.32 Å². The van der Waals surface area contributed by atoms with E-state index in [4.69, 9.17) is 4.74 Å². The highest BCUT2D eigenvalue weighted by Gasteiger charge is 2.39. The number of rotatable bonds is 5. The third kappa shape index (κ3) is 4.04. The Hall–Kier alpha value is 0.0700. The fraction of sp³-hybridized carbons (Fsp3) is 1.00. The molecule has 1 aliphatic carbocycles. The molecule has 2 fully saturated rings. The quantitative estimate of drug-likeness (QED) is 0.766. The molecule has 2 rings (SSSR count). The van der Waals surface area contributed by atoms with Crippen molar-refractivity contribution in [2.75, 3.05) is 25.2 Å².